The molecular weight excluding hydrogens is 308 g/mol. The van der Waals surface area contributed by atoms with E-state index in [0.717, 1.165) is 46.3 Å². The predicted molar refractivity (Wildman–Crippen MR) is 89.8 cm³/mol. The van der Waals surface area contributed by atoms with E-state index in [1.807, 2.05) is 18.2 Å². The van der Waals surface area contributed by atoms with Crippen LogP contribution in [-0.2, 0) is 12.8 Å². The van der Waals surface area contributed by atoms with Crippen LogP contribution in [-0.4, -0.2) is 19.8 Å². The molecule has 1 aliphatic carbocycles. The Morgan fingerprint density at radius 3 is 2.91 bits per heavy atom. The van der Waals surface area contributed by atoms with Crippen LogP contribution in [0.15, 0.2) is 18.2 Å². The quantitative estimate of drug-likeness (QED) is 0.708. The minimum atomic E-state index is 0.0860. The molecule has 0 aliphatic heterocycles. The van der Waals surface area contributed by atoms with Crippen LogP contribution in [0.25, 0.3) is 22.2 Å². The second-order valence-corrected chi connectivity index (χ2v) is 6.28. The highest BCUT2D eigenvalue weighted by molar-refractivity contribution is 7.00. The standard InChI is InChI=1S/C16H14N6S/c17-7-11-15(8-1-3-13-14(5-8)22-23-21-13)10-6-9(18)2-4-12(10)20-16(11)19/h1,3,5,9H,2,4,6,18H2,(H2,19,20)/t9-/m1/s1. The van der Waals surface area contributed by atoms with Crippen molar-refractivity contribution in [3.05, 3.63) is 35.0 Å². The molecule has 0 unspecified atom stereocenters. The maximum Gasteiger partial charge on any atom is 0.142 e. The summed E-state index contributed by atoms with van der Waals surface area (Å²) in [7, 11) is 0. The van der Waals surface area contributed by atoms with Crippen LogP contribution in [0.5, 0.6) is 0 Å². The number of pyridine rings is 1. The summed E-state index contributed by atoms with van der Waals surface area (Å²) in [5.41, 5.74) is 18.0. The predicted octanol–water partition coefficient (Wildman–Crippen LogP) is 2.02. The molecule has 23 heavy (non-hydrogen) atoms. The number of rotatable bonds is 1. The molecule has 3 aromatic rings. The van der Waals surface area contributed by atoms with Crippen LogP contribution < -0.4 is 11.5 Å². The van der Waals surface area contributed by atoms with Gasteiger partial charge >= 0.3 is 0 Å². The summed E-state index contributed by atoms with van der Waals surface area (Å²) in [6.45, 7) is 0. The van der Waals surface area contributed by atoms with E-state index >= 15 is 0 Å². The summed E-state index contributed by atoms with van der Waals surface area (Å²) in [4.78, 5) is 4.43. The summed E-state index contributed by atoms with van der Waals surface area (Å²) >= 11 is 1.18. The monoisotopic (exact) mass is 322 g/mol. The lowest BCUT2D eigenvalue weighted by Crippen LogP contribution is -2.29. The second-order valence-electron chi connectivity index (χ2n) is 5.75. The minimum absolute atomic E-state index is 0.0860. The lowest BCUT2D eigenvalue weighted by Gasteiger charge is -2.24. The van der Waals surface area contributed by atoms with Gasteiger partial charge in [0.1, 0.15) is 28.5 Å². The third-order valence-electron chi connectivity index (χ3n) is 4.28. The van der Waals surface area contributed by atoms with Gasteiger partial charge < -0.3 is 11.5 Å². The highest BCUT2D eigenvalue weighted by Crippen LogP contribution is 2.36. The highest BCUT2D eigenvalue weighted by Gasteiger charge is 2.25. The maximum absolute atomic E-state index is 9.57. The zero-order valence-corrected chi connectivity index (χ0v) is 13.1. The third kappa shape index (κ3) is 2.23. The highest BCUT2D eigenvalue weighted by atomic mass is 32.1. The Labute approximate surface area is 137 Å². The molecule has 2 aromatic heterocycles. The van der Waals surface area contributed by atoms with Gasteiger partial charge in [0.15, 0.2) is 0 Å². The fourth-order valence-electron chi connectivity index (χ4n) is 3.17. The number of nitriles is 1. The third-order valence-corrected chi connectivity index (χ3v) is 4.84. The average molecular weight is 322 g/mol. The molecule has 0 saturated heterocycles. The van der Waals surface area contributed by atoms with E-state index in [2.05, 4.69) is 19.8 Å². The molecule has 0 radical (unpaired) electrons. The first kappa shape index (κ1) is 14.1. The minimum Gasteiger partial charge on any atom is -0.383 e. The van der Waals surface area contributed by atoms with E-state index in [-0.39, 0.29) is 11.9 Å². The summed E-state index contributed by atoms with van der Waals surface area (Å²) in [6, 6.07) is 8.12. The number of nitrogen functional groups attached to an aromatic ring is 1. The molecule has 0 amide bonds. The van der Waals surface area contributed by atoms with Crippen LogP contribution >= 0.6 is 11.7 Å². The molecule has 114 valence electrons. The molecule has 0 fully saturated rings. The van der Waals surface area contributed by atoms with E-state index in [4.69, 9.17) is 11.5 Å². The molecule has 1 aliphatic rings. The summed E-state index contributed by atoms with van der Waals surface area (Å²) in [5, 5.41) is 9.57. The Hall–Kier alpha value is -2.56. The summed E-state index contributed by atoms with van der Waals surface area (Å²) in [6.07, 6.45) is 2.39. The summed E-state index contributed by atoms with van der Waals surface area (Å²) in [5.74, 6) is 0.285. The van der Waals surface area contributed by atoms with E-state index < -0.39 is 0 Å². The molecule has 0 spiro atoms. The molecule has 0 bridgehead atoms. The van der Waals surface area contributed by atoms with E-state index in [1.165, 1.54) is 11.7 Å². The zero-order chi connectivity index (χ0) is 16.0. The van der Waals surface area contributed by atoms with E-state index in [9.17, 15) is 5.26 Å². The van der Waals surface area contributed by atoms with Crippen molar-refractivity contribution in [2.24, 2.45) is 5.73 Å². The van der Waals surface area contributed by atoms with Gasteiger partial charge in [0.25, 0.3) is 0 Å². The Bertz CT molecular complexity index is 955. The van der Waals surface area contributed by atoms with Gasteiger partial charge in [-0.1, -0.05) is 6.07 Å². The molecule has 2 heterocycles. The van der Waals surface area contributed by atoms with Crippen molar-refractivity contribution in [2.75, 3.05) is 5.73 Å². The number of aromatic nitrogens is 3. The van der Waals surface area contributed by atoms with Crippen molar-refractivity contribution in [2.45, 2.75) is 25.3 Å². The van der Waals surface area contributed by atoms with Crippen LogP contribution in [0.4, 0.5) is 5.82 Å². The smallest absolute Gasteiger partial charge is 0.142 e. The number of hydrogen-bond acceptors (Lipinski definition) is 7. The van der Waals surface area contributed by atoms with Gasteiger partial charge in [-0.25, -0.2) is 4.98 Å². The Morgan fingerprint density at radius 2 is 2.09 bits per heavy atom. The van der Waals surface area contributed by atoms with Gasteiger partial charge in [0.05, 0.1) is 11.7 Å². The second kappa shape index (κ2) is 5.26. The van der Waals surface area contributed by atoms with Crippen LogP contribution in [0, 0.1) is 11.3 Å². The average Bonchev–Trinajstić information content (AvgIpc) is 3.01. The fourth-order valence-corrected chi connectivity index (χ4v) is 3.69. The van der Waals surface area contributed by atoms with Crippen LogP contribution in [0.1, 0.15) is 23.2 Å². The van der Waals surface area contributed by atoms with Crippen molar-refractivity contribution in [3.63, 3.8) is 0 Å². The normalized spacial score (nSPS) is 17.0. The number of nitrogens with two attached hydrogens (primary N) is 2. The number of anilines is 1. The lowest BCUT2D eigenvalue weighted by atomic mass is 9.84. The van der Waals surface area contributed by atoms with Crippen molar-refractivity contribution >= 4 is 28.6 Å². The molecule has 0 saturated carbocycles. The molecular formula is C16H14N6S. The molecule has 7 heteroatoms. The van der Waals surface area contributed by atoms with Gasteiger partial charge in [-0.3, -0.25) is 0 Å². The van der Waals surface area contributed by atoms with E-state index in [0.29, 0.717) is 12.0 Å². The Kier molecular flexibility index (Phi) is 3.22. The number of benzene rings is 1. The van der Waals surface area contributed by atoms with Crippen molar-refractivity contribution < 1.29 is 0 Å². The first-order valence-corrected chi connectivity index (χ1v) is 8.10. The molecule has 1 aromatic carbocycles. The van der Waals surface area contributed by atoms with Gasteiger partial charge in [-0.2, -0.15) is 14.0 Å². The van der Waals surface area contributed by atoms with Crippen molar-refractivity contribution in [3.8, 4) is 17.2 Å². The number of fused-ring (bicyclic) bond motifs is 2. The van der Waals surface area contributed by atoms with Gasteiger partial charge in [0, 0.05) is 17.3 Å². The van der Waals surface area contributed by atoms with Crippen molar-refractivity contribution in [1.29, 1.82) is 5.26 Å². The first-order chi connectivity index (χ1) is 11.2. The van der Waals surface area contributed by atoms with Gasteiger partial charge in [-0.15, -0.1) is 0 Å². The fraction of sp³-hybridized carbons (Fsp3) is 0.250. The number of nitrogens with zero attached hydrogens (tertiary/aromatic N) is 4. The first-order valence-electron chi connectivity index (χ1n) is 7.37. The van der Waals surface area contributed by atoms with Gasteiger partial charge in [-0.05, 0) is 42.5 Å². The Morgan fingerprint density at radius 1 is 1.26 bits per heavy atom. The SMILES string of the molecule is N#Cc1c(N)nc2c(c1-c1ccc3nsnc3c1)C[C@H](N)CC2. The maximum atomic E-state index is 9.57. The molecule has 4 N–H and O–H groups in total. The molecule has 4 rings (SSSR count). The van der Waals surface area contributed by atoms with E-state index in [1.54, 1.807) is 0 Å². The molecule has 6 nitrogen and oxygen atoms in total. The topological polar surface area (TPSA) is 114 Å². The van der Waals surface area contributed by atoms with Crippen molar-refractivity contribution in [1.82, 2.24) is 13.7 Å². The summed E-state index contributed by atoms with van der Waals surface area (Å²) < 4.78 is 8.51. The number of hydrogen-bond donors (Lipinski definition) is 2. The number of aryl methyl sites for hydroxylation is 1. The van der Waals surface area contributed by atoms with Crippen LogP contribution in [0.3, 0.4) is 0 Å². The molecule has 1 atom stereocenters. The largest absolute Gasteiger partial charge is 0.383 e. The Balaban J connectivity index is 2.02. The van der Waals surface area contributed by atoms with Crippen LogP contribution in [0.2, 0.25) is 0 Å². The van der Waals surface area contributed by atoms with Gasteiger partial charge in [0.2, 0.25) is 0 Å². The lowest BCUT2D eigenvalue weighted by molar-refractivity contribution is 0.568. The zero-order valence-electron chi connectivity index (χ0n) is 12.3.